The van der Waals surface area contributed by atoms with Gasteiger partial charge in [-0.15, -0.1) is 11.8 Å². The number of benzene rings is 2. The Morgan fingerprint density at radius 2 is 2.00 bits per heavy atom. The molecular formula is C15H15ClN2OS. The lowest BCUT2D eigenvalue weighted by molar-refractivity contribution is 0.0962. The molecule has 3 nitrogen and oxygen atoms in total. The molecule has 0 aliphatic rings. The van der Waals surface area contributed by atoms with Crippen molar-refractivity contribution >= 4 is 35.0 Å². The third kappa shape index (κ3) is 3.68. The predicted molar refractivity (Wildman–Crippen MR) is 85.5 cm³/mol. The van der Waals surface area contributed by atoms with E-state index in [-0.39, 0.29) is 5.91 Å². The van der Waals surface area contributed by atoms with Gasteiger partial charge in [0.1, 0.15) is 0 Å². The van der Waals surface area contributed by atoms with E-state index in [4.69, 9.17) is 11.6 Å². The topological polar surface area (TPSA) is 41.1 Å². The van der Waals surface area contributed by atoms with Gasteiger partial charge in [0.2, 0.25) is 0 Å². The summed E-state index contributed by atoms with van der Waals surface area (Å²) in [7, 11) is 0. The van der Waals surface area contributed by atoms with Crippen LogP contribution in [0.15, 0.2) is 47.4 Å². The van der Waals surface area contributed by atoms with Gasteiger partial charge in [-0.1, -0.05) is 23.7 Å². The molecule has 2 aromatic carbocycles. The van der Waals surface area contributed by atoms with Gasteiger partial charge in [0.05, 0.1) is 5.69 Å². The first-order valence-electron chi connectivity index (χ1n) is 6.06. The van der Waals surface area contributed by atoms with Crippen LogP contribution < -0.4 is 10.9 Å². The monoisotopic (exact) mass is 306 g/mol. The van der Waals surface area contributed by atoms with Crippen molar-refractivity contribution in [3.8, 4) is 0 Å². The molecular weight excluding hydrogens is 292 g/mol. The van der Waals surface area contributed by atoms with Gasteiger partial charge in [0, 0.05) is 15.5 Å². The van der Waals surface area contributed by atoms with E-state index in [1.807, 2.05) is 43.5 Å². The van der Waals surface area contributed by atoms with Crippen LogP contribution in [0.1, 0.15) is 15.9 Å². The first kappa shape index (κ1) is 14.8. The molecule has 1 amide bonds. The molecule has 0 unspecified atom stereocenters. The Hall–Kier alpha value is -1.65. The SMILES string of the molecule is CSc1ccc(C)c(C(=O)NNc2cccc(Cl)c2)c1. The first-order valence-corrected chi connectivity index (χ1v) is 7.67. The predicted octanol–water partition coefficient (Wildman–Crippen LogP) is 4.13. The highest BCUT2D eigenvalue weighted by molar-refractivity contribution is 7.98. The van der Waals surface area contributed by atoms with Crippen LogP contribution in [0.3, 0.4) is 0 Å². The van der Waals surface area contributed by atoms with E-state index in [1.165, 1.54) is 0 Å². The van der Waals surface area contributed by atoms with Crippen molar-refractivity contribution in [2.24, 2.45) is 0 Å². The summed E-state index contributed by atoms with van der Waals surface area (Å²) in [4.78, 5) is 13.2. The number of amides is 1. The highest BCUT2D eigenvalue weighted by Gasteiger charge is 2.09. The molecule has 0 spiro atoms. The Bertz CT molecular complexity index is 631. The van der Waals surface area contributed by atoms with Crippen molar-refractivity contribution < 1.29 is 4.79 Å². The zero-order valence-corrected chi connectivity index (χ0v) is 12.8. The standard InChI is InChI=1S/C15H15ClN2OS/c1-10-6-7-13(20-2)9-14(10)15(19)18-17-12-5-3-4-11(16)8-12/h3-9,17H,1-2H3,(H,18,19). The molecule has 2 aromatic rings. The maximum atomic E-state index is 12.2. The Morgan fingerprint density at radius 3 is 2.70 bits per heavy atom. The van der Waals surface area contributed by atoms with Crippen molar-refractivity contribution in [2.75, 3.05) is 11.7 Å². The molecule has 0 radical (unpaired) electrons. The lowest BCUT2D eigenvalue weighted by atomic mass is 10.1. The van der Waals surface area contributed by atoms with E-state index in [9.17, 15) is 4.79 Å². The van der Waals surface area contributed by atoms with E-state index in [0.29, 0.717) is 10.6 Å². The van der Waals surface area contributed by atoms with Gasteiger partial charge in [0.15, 0.2) is 0 Å². The number of rotatable bonds is 4. The van der Waals surface area contributed by atoms with Gasteiger partial charge in [-0.25, -0.2) is 0 Å². The Labute approximate surface area is 127 Å². The molecule has 0 heterocycles. The average Bonchev–Trinajstić information content (AvgIpc) is 2.45. The summed E-state index contributed by atoms with van der Waals surface area (Å²) in [6.45, 7) is 1.92. The van der Waals surface area contributed by atoms with Gasteiger partial charge in [-0.05, 0) is 49.1 Å². The molecule has 20 heavy (non-hydrogen) atoms. The highest BCUT2D eigenvalue weighted by atomic mass is 35.5. The van der Waals surface area contributed by atoms with Crippen LogP contribution in [-0.2, 0) is 0 Å². The third-order valence-electron chi connectivity index (χ3n) is 2.83. The molecule has 5 heteroatoms. The fraction of sp³-hybridized carbons (Fsp3) is 0.133. The average molecular weight is 307 g/mol. The number of carbonyl (C=O) groups excluding carboxylic acids is 1. The second-order valence-electron chi connectivity index (χ2n) is 4.27. The summed E-state index contributed by atoms with van der Waals surface area (Å²) >= 11 is 7.49. The van der Waals surface area contributed by atoms with Crippen LogP contribution in [-0.4, -0.2) is 12.2 Å². The van der Waals surface area contributed by atoms with Gasteiger partial charge >= 0.3 is 0 Å². The van der Waals surface area contributed by atoms with E-state index in [1.54, 1.807) is 23.9 Å². The fourth-order valence-electron chi connectivity index (χ4n) is 1.74. The number of hydrazine groups is 1. The number of thioether (sulfide) groups is 1. The normalized spacial score (nSPS) is 10.2. The summed E-state index contributed by atoms with van der Waals surface area (Å²) in [5.41, 5.74) is 7.87. The second-order valence-corrected chi connectivity index (χ2v) is 5.59. The number of hydrogen-bond acceptors (Lipinski definition) is 3. The van der Waals surface area contributed by atoms with Crippen molar-refractivity contribution in [2.45, 2.75) is 11.8 Å². The molecule has 0 bridgehead atoms. The Morgan fingerprint density at radius 1 is 1.20 bits per heavy atom. The highest BCUT2D eigenvalue weighted by Crippen LogP contribution is 2.19. The minimum Gasteiger partial charge on any atom is -0.298 e. The number of anilines is 1. The summed E-state index contributed by atoms with van der Waals surface area (Å²) in [6, 6.07) is 13.0. The molecule has 0 aromatic heterocycles. The molecule has 0 aliphatic heterocycles. The largest absolute Gasteiger partial charge is 0.298 e. The van der Waals surface area contributed by atoms with Gasteiger partial charge in [0.25, 0.3) is 5.91 Å². The Kier molecular flexibility index (Phi) is 4.93. The Balaban J connectivity index is 2.08. The lowest BCUT2D eigenvalue weighted by Crippen LogP contribution is -2.29. The van der Waals surface area contributed by atoms with Crippen LogP contribution >= 0.6 is 23.4 Å². The number of aryl methyl sites for hydroxylation is 1. The van der Waals surface area contributed by atoms with E-state index >= 15 is 0 Å². The van der Waals surface area contributed by atoms with E-state index in [0.717, 1.165) is 16.1 Å². The van der Waals surface area contributed by atoms with Crippen LogP contribution in [0.2, 0.25) is 5.02 Å². The molecule has 2 rings (SSSR count). The molecule has 104 valence electrons. The van der Waals surface area contributed by atoms with Crippen LogP contribution in [0.25, 0.3) is 0 Å². The third-order valence-corrected chi connectivity index (χ3v) is 3.79. The van der Waals surface area contributed by atoms with Crippen molar-refractivity contribution in [3.63, 3.8) is 0 Å². The van der Waals surface area contributed by atoms with Crippen molar-refractivity contribution in [1.82, 2.24) is 5.43 Å². The molecule has 0 aliphatic carbocycles. The smallest absolute Gasteiger partial charge is 0.269 e. The fourth-order valence-corrected chi connectivity index (χ4v) is 2.37. The molecule has 0 saturated carbocycles. The number of halogens is 1. The summed E-state index contributed by atoms with van der Waals surface area (Å²) < 4.78 is 0. The molecule has 0 saturated heterocycles. The zero-order chi connectivity index (χ0) is 14.5. The number of hydrogen-bond donors (Lipinski definition) is 2. The van der Waals surface area contributed by atoms with Gasteiger partial charge < -0.3 is 0 Å². The minimum atomic E-state index is -0.168. The maximum absolute atomic E-state index is 12.2. The van der Waals surface area contributed by atoms with Gasteiger partial charge in [-0.3, -0.25) is 15.6 Å². The number of carbonyl (C=O) groups is 1. The van der Waals surface area contributed by atoms with E-state index in [2.05, 4.69) is 10.9 Å². The lowest BCUT2D eigenvalue weighted by Gasteiger charge is -2.11. The van der Waals surface area contributed by atoms with Gasteiger partial charge in [-0.2, -0.15) is 0 Å². The zero-order valence-electron chi connectivity index (χ0n) is 11.2. The van der Waals surface area contributed by atoms with Crippen LogP contribution in [0, 0.1) is 6.92 Å². The molecule has 2 N–H and O–H groups in total. The van der Waals surface area contributed by atoms with Crippen molar-refractivity contribution in [3.05, 3.63) is 58.6 Å². The summed E-state index contributed by atoms with van der Waals surface area (Å²) in [6.07, 6.45) is 1.98. The quantitative estimate of drug-likeness (QED) is 0.659. The number of nitrogens with one attached hydrogen (secondary N) is 2. The maximum Gasteiger partial charge on any atom is 0.269 e. The summed E-state index contributed by atoms with van der Waals surface area (Å²) in [5.74, 6) is -0.168. The molecule has 0 fully saturated rings. The van der Waals surface area contributed by atoms with Crippen molar-refractivity contribution in [1.29, 1.82) is 0 Å². The van der Waals surface area contributed by atoms with E-state index < -0.39 is 0 Å². The summed E-state index contributed by atoms with van der Waals surface area (Å²) in [5, 5.41) is 0.616. The minimum absolute atomic E-state index is 0.168. The van der Waals surface area contributed by atoms with Crippen LogP contribution in [0.4, 0.5) is 5.69 Å². The second kappa shape index (κ2) is 6.68. The van der Waals surface area contributed by atoms with Crippen LogP contribution in [0.5, 0.6) is 0 Å². The first-order chi connectivity index (χ1) is 9.60. The molecule has 0 atom stereocenters.